The molecule has 0 spiro atoms. The summed E-state index contributed by atoms with van der Waals surface area (Å²) in [4.78, 5) is 33.6. The summed E-state index contributed by atoms with van der Waals surface area (Å²) in [6.45, 7) is 4.89. The molecule has 1 unspecified atom stereocenters. The summed E-state index contributed by atoms with van der Waals surface area (Å²) in [6, 6.07) is 10.5. The average Bonchev–Trinajstić information content (AvgIpc) is 3.48. The van der Waals surface area contributed by atoms with Crippen molar-refractivity contribution in [2.24, 2.45) is 0 Å². The van der Waals surface area contributed by atoms with Crippen LogP contribution in [0.15, 0.2) is 36.4 Å². The first kappa shape index (κ1) is 23.8. The second-order valence-electron chi connectivity index (χ2n) is 8.37. The number of carbonyl (C=O) groups is 2. The molecule has 0 radical (unpaired) electrons. The lowest BCUT2D eigenvalue weighted by Crippen LogP contribution is -2.42. The van der Waals surface area contributed by atoms with Gasteiger partial charge in [0.25, 0.3) is 11.8 Å². The molecule has 0 bridgehead atoms. The van der Waals surface area contributed by atoms with Crippen LogP contribution in [0.2, 0.25) is 0 Å². The number of hydrogen-bond acceptors (Lipinski definition) is 7. The molecular formula is C25H24FN3O4S2. The molecule has 0 aliphatic carbocycles. The van der Waals surface area contributed by atoms with E-state index in [2.05, 4.69) is 10.3 Å². The number of aryl methyl sites for hydroxylation is 2. The van der Waals surface area contributed by atoms with Crippen molar-refractivity contribution >= 4 is 34.9 Å². The molecule has 1 atom stereocenters. The molecule has 182 valence electrons. The number of aromatic nitrogens is 1. The Morgan fingerprint density at radius 1 is 1.26 bits per heavy atom. The summed E-state index contributed by atoms with van der Waals surface area (Å²) in [6.07, 6.45) is 0. The van der Waals surface area contributed by atoms with Crippen LogP contribution in [0.1, 0.15) is 37.0 Å². The minimum Gasteiger partial charge on any atom is -0.466 e. The predicted molar refractivity (Wildman–Crippen MR) is 133 cm³/mol. The van der Waals surface area contributed by atoms with E-state index in [-0.39, 0.29) is 36.8 Å². The highest BCUT2D eigenvalue weighted by atomic mass is 32.2. The maximum Gasteiger partial charge on any atom is 0.274 e. The van der Waals surface area contributed by atoms with Crippen LogP contribution in [0.5, 0.6) is 5.75 Å². The van der Waals surface area contributed by atoms with Gasteiger partial charge in [0.2, 0.25) is 0 Å². The molecule has 1 aromatic heterocycles. The molecule has 5 rings (SSSR count). The summed E-state index contributed by atoms with van der Waals surface area (Å²) in [5, 5.41) is 3.42. The number of amides is 2. The van der Waals surface area contributed by atoms with Crippen LogP contribution in [0.25, 0.3) is 10.4 Å². The fourth-order valence-corrected chi connectivity index (χ4v) is 6.30. The van der Waals surface area contributed by atoms with Gasteiger partial charge in [0.15, 0.2) is 6.79 Å². The second kappa shape index (κ2) is 9.96. The normalized spacial score (nSPS) is 17.1. The fraction of sp³-hybridized carbons (Fsp3) is 0.320. The van der Waals surface area contributed by atoms with E-state index in [1.165, 1.54) is 17.4 Å². The summed E-state index contributed by atoms with van der Waals surface area (Å²) < 4.78 is 24.7. The predicted octanol–water partition coefficient (Wildman–Crippen LogP) is 4.38. The van der Waals surface area contributed by atoms with E-state index in [1.807, 2.05) is 38.1 Å². The van der Waals surface area contributed by atoms with Crippen molar-refractivity contribution in [1.82, 2.24) is 15.2 Å². The van der Waals surface area contributed by atoms with E-state index in [4.69, 9.17) is 9.47 Å². The number of hydrogen-bond donors (Lipinski definition) is 1. The number of thioether (sulfide) groups is 1. The zero-order valence-corrected chi connectivity index (χ0v) is 20.9. The molecular weight excluding hydrogens is 489 g/mol. The Kier molecular flexibility index (Phi) is 6.77. The van der Waals surface area contributed by atoms with Gasteiger partial charge >= 0.3 is 0 Å². The van der Waals surface area contributed by atoms with Crippen LogP contribution in [-0.4, -0.2) is 52.7 Å². The highest BCUT2D eigenvalue weighted by Crippen LogP contribution is 2.34. The first-order valence-electron chi connectivity index (χ1n) is 11.2. The number of carbonyl (C=O) groups excluding carboxylic acids is 2. The summed E-state index contributed by atoms with van der Waals surface area (Å²) in [5.74, 6) is -0.0444. The number of nitrogens with one attached hydrogen (secondary N) is 1. The van der Waals surface area contributed by atoms with Gasteiger partial charge in [-0.1, -0.05) is 29.8 Å². The molecule has 1 fully saturated rings. The lowest BCUT2D eigenvalue weighted by molar-refractivity contribution is -0.0170. The molecule has 2 aliphatic heterocycles. The van der Waals surface area contributed by atoms with Gasteiger partial charge in [0.05, 0.1) is 27.4 Å². The number of rotatable bonds is 5. The highest BCUT2D eigenvalue weighted by Gasteiger charge is 2.33. The molecule has 2 aliphatic rings. The highest BCUT2D eigenvalue weighted by molar-refractivity contribution is 8.00. The SMILES string of the molecule is Cc1cccc(-c2sc(C)nc2C(=O)N2CCSC2CNC(=O)c2cc(F)cc3c2OCOC3)c1. The van der Waals surface area contributed by atoms with E-state index in [0.717, 1.165) is 32.8 Å². The van der Waals surface area contributed by atoms with Crippen LogP contribution < -0.4 is 10.1 Å². The van der Waals surface area contributed by atoms with Crippen LogP contribution >= 0.6 is 23.1 Å². The third-order valence-electron chi connectivity index (χ3n) is 5.82. The van der Waals surface area contributed by atoms with Crippen molar-refractivity contribution < 1.29 is 23.5 Å². The Morgan fingerprint density at radius 2 is 2.11 bits per heavy atom. The summed E-state index contributed by atoms with van der Waals surface area (Å²) in [7, 11) is 0. The van der Waals surface area contributed by atoms with E-state index in [1.54, 1.807) is 16.7 Å². The van der Waals surface area contributed by atoms with Crippen molar-refractivity contribution in [1.29, 1.82) is 0 Å². The quantitative estimate of drug-likeness (QED) is 0.546. The van der Waals surface area contributed by atoms with E-state index >= 15 is 0 Å². The molecule has 2 amide bonds. The van der Waals surface area contributed by atoms with Crippen molar-refractivity contribution in [3.05, 3.63) is 69.6 Å². The Balaban J connectivity index is 1.33. The Hall–Kier alpha value is -2.95. The van der Waals surface area contributed by atoms with Crippen LogP contribution in [0, 0.1) is 19.7 Å². The van der Waals surface area contributed by atoms with E-state index < -0.39 is 11.7 Å². The molecule has 1 saturated heterocycles. The van der Waals surface area contributed by atoms with Gasteiger partial charge < -0.3 is 19.7 Å². The van der Waals surface area contributed by atoms with Crippen molar-refractivity contribution in [2.75, 3.05) is 25.6 Å². The molecule has 1 N–H and O–H groups in total. The maximum atomic E-state index is 14.1. The van der Waals surface area contributed by atoms with Crippen molar-refractivity contribution in [2.45, 2.75) is 25.8 Å². The fourth-order valence-electron chi connectivity index (χ4n) is 4.24. The minimum absolute atomic E-state index is 0.00992. The standard InChI is InChI=1S/C25H24FN3O4S2/c1-14-4-3-5-16(8-14)23-21(28-15(2)35-23)25(31)29-6-7-34-20(29)11-27-24(30)19-10-18(26)9-17-12-32-13-33-22(17)19/h3-5,8-10,20H,6-7,11-13H2,1-2H3,(H,27,30). The third-order valence-corrected chi connectivity index (χ3v) is 8.07. The maximum absolute atomic E-state index is 14.1. The van der Waals surface area contributed by atoms with E-state index in [0.29, 0.717) is 23.6 Å². The van der Waals surface area contributed by atoms with Crippen LogP contribution in [0.3, 0.4) is 0 Å². The third kappa shape index (κ3) is 4.91. The number of ether oxygens (including phenoxy) is 2. The first-order valence-corrected chi connectivity index (χ1v) is 13.1. The van der Waals surface area contributed by atoms with Gasteiger partial charge in [0, 0.05) is 24.4 Å². The van der Waals surface area contributed by atoms with Gasteiger partial charge in [-0.15, -0.1) is 23.1 Å². The van der Waals surface area contributed by atoms with E-state index in [9.17, 15) is 14.0 Å². The first-order chi connectivity index (χ1) is 16.9. The lowest BCUT2D eigenvalue weighted by atomic mass is 10.1. The summed E-state index contributed by atoms with van der Waals surface area (Å²) in [5.41, 5.74) is 3.14. The van der Waals surface area contributed by atoms with Gasteiger partial charge in [-0.2, -0.15) is 0 Å². The van der Waals surface area contributed by atoms with Gasteiger partial charge in [-0.05, 0) is 31.5 Å². The molecule has 35 heavy (non-hydrogen) atoms. The van der Waals surface area contributed by atoms with Crippen molar-refractivity contribution in [3.8, 4) is 16.2 Å². The summed E-state index contributed by atoms with van der Waals surface area (Å²) >= 11 is 3.09. The molecule has 3 aromatic rings. The number of thiazole rings is 1. The molecule has 3 heterocycles. The number of fused-ring (bicyclic) bond motifs is 1. The largest absolute Gasteiger partial charge is 0.466 e. The zero-order chi connectivity index (χ0) is 24.5. The van der Waals surface area contributed by atoms with Gasteiger partial charge in [-0.25, -0.2) is 9.37 Å². The number of nitrogens with zero attached hydrogens (tertiary/aromatic N) is 2. The molecule has 0 saturated carbocycles. The average molecular weight is 514 g/mol. The topological polar surface area (TPSA) is 80.8 Å². The Bertz CT molecular complexity index is 1300. The Labute approximate surface area is 210 Å². The van der Waals surface area contributed by atoms with Crippen molar-refractivity contribution in [3.63, 3.8) is 0 Å². The monoisotopic (exact) mass is 513 g/mol. The molecule has 7 nitrogen and oxygen atoms in total. The van der Waals surface area contributed by atoms with Gasteiger partial charge in [-0.3, -0.25) is 9.59 Å². The minimum atomic E-state index is -0.530. The molecule has 10 heteroatoms. The zero-order valence-electron chi connectivity index (χ0n) is 19.3. The smallest absolute Gasteiger partial charge is 0.274 e. The second-order valence-corrected chi connectivity index (χ2v) is 10.9. The Morgan fingerprint density at radius 3 is 2.94 bits per heavy atom. The lowest BCUT2D eigenvalue weighted by Gasteiger charge is -2.24. The molecule has 2 aromatic carbocycles. The van der Waals surface area contributed by atoms with Crippen LogP contribution in [0.4, 0.5) is 4.39 Å². The number of benzene rings is 2. The number of halogens is 1. The van der Waals surface area contributed by atoms with Crippen LogP contribution in [-0.2, 0) is 11.3 Å². The van der Waals surface area contributed by atoms with Gasteiger partial charge in [0.1, 0.15) is 17.3 Å².